The fraction of sp³-hybridized carbons (Fsp3) is 0.833. The highest BCUT2D eigenvalue weighted by Gasteiger charge is 2.67. The van der Waals surface area contributed by atoms with Crippen LogP contribution in [0.4, 0.5) is 0 Å². The summed E-state index contributed by atoms with van der Waals surface area (Å²) in [7, 11) is 0. The maximum absolute atomic E-state index is 12.5. The lowest BCUT2D eigenvalue weighted by molar-refractivity contribution is -0.150. The van der Waals surface area contributed by atoms with Gasteiger partial charge in [-0.15, -0.1) is 0 Å². The molecule has 3 aliphatic heterocycles. The zero-order valence-corrected chi connectivity index (χ0v) is 14.0. The van der Waals surface area contributed by atoms with Crippen LogP contribution in [0.3, 0.4) is 0 Å². The van der Waals surface area contributed by atoms with Gasteiger partial charge < -0.3 is 15.2 Å². The van der Waals surface area contributed by atoms with E-state index >= 15 is 0 Å². The Morgan fingerprint density at radius 2 is 2.18 bits per heavy atom. The van der Waals surface area contributed by atoms with E-state index in [1.807, 2.05) is 0 Å². The molecule has 0 aliphatic carbocycles. The Morgan fingerprint density at radius 3 is 2.73 bits per heavy atom. The highest BCUT2D eigenvalue weighted by Crippen LogP contribution is 2.49. The predicted octanol–water partition coefficient (Wildman–Crippen LogP) is 0.262. The van der Waals surface area contributed by atoms with Gasteiger partial charge in [0.2, 0.25) is 15.9 Å². The Morgan fingerprint density at radius 1 is 1.50 bits per heavy atom. The second-order valence-corrected chi connectivity index (χ2v) is 8.16. The van der Waals surface area contributed by atoms with Gasteiger partial charge in [-0.1, -0.05) is 34.8 Å². The summed E-state index contributed by atoms with van der Waals surface area (Å²) in [5.41, 5.74) is 4.24. The van der Waals surface area contributed by atoms with Gasteiger partial charge in [0, 0.05) is 6.54 Å². The molecule has 3 fully saturated rings. The quantitative estimate of drug-likeness (QED) is 0.533. The van der Waals surface area contributed by atoms with Gasteiger partial charge in [-0.25, -0.2) is 9.69 Å². The number of nitrogens with one attached hydrogen (secondary N) is 1. The lowest BCUT2D eigenvalue weighted by atomic mass is 9.94. The number of cyclic esters (lactones) is 1. The summed E-state index contributed by atoms with van der Waals surface area (Å²) < 4.78 is 9.30. The van der Waals surface area contributed by atoms with Crippen molar-refractivity contribution >= 4 is 46.7 Å². The topological polar surface area (TPSA) is 93.9 Å². The number of ether oxygens (including phenoxy) is 2. The van der Waals surface area contributed by atoms with E-state index in [-0.39, 0.29) is 0 Å². The largest absolute Gasteiger partial charge is 0.440 e. The van der Waals surface area contributed by atoms with Crippen LogP contribution >= 0.6 is 34.8 Å². The molecule has 0 aromatic carbocycles. The Labute approximate surface area is 142 Å². The number of carbonyl (C=O) groups excluding carboxylic acids is 2. The molecule has 4 unspecified atom stereocenters. The molecule has 0 spiro atoms. The molecule has 1 amide bonds. The molecule has 3 rings (SSSR count). The van der Waals surface area contributed by atoms with E-state index in [9.17, 15) is 9.59 Å². The normalized spacial score (nSPS) is 42.5. The molecule has 0 bridgehead atoms. The number of hydrogen-bond acceptors (Lipinski definition) is 6. The minimum absolute atomic E-state index is 0.459. The molecule has 124 valence electrons. The van der Waals surface area contributed by atoms with Gasteiger partial charge in [0.25, 0.3) is 0 Å². The van der Waals surface area contributed by atoms with Crippen LogP contribution in [0.1, 0.15) is 19.8 Å². The lowest BCUT2D eigenvalue weighted by Gasteiger charge is -2.35. The van der Waals surface area contributed by atoms with Gasteiger partial charge in [-0.2, -0.15) is 0 Å². The molecule has 7 nitrogen and oxygen atoms in total. The molecule has 3 saturated heterocycles. The zero-order valence-electron chi connectivity index (χ0n) is 11.7. The summed E-state index contributed by atoms with van der Waals surface area (Å²) in [5, 5.41) is 2.98. The van der Waals surface area contributed by atoms with Crippen LogP contribution in [0.5, 0.6) is 0 Å². The molecule has 22 heavy (non-hydrogen) atoms. The first-order chi connectivity index (χ1) is 10.2. The van der Waals surface area contributed by atoms with Crippen molar-refractivity contribution in [1.29, 1.82) is 0 Å². The number of rotatable bonds is 2. The molecule has 0 saturated carbocycles. The van der Waals surface area contributed by atoms with Crippen molar-refractivity contribution in [3.63, 3.8) is 0 Å². The van der Waals surface area contributed by atoms with Crippen molar-refractivity contribution in [2.45, 2.75) is 53.7 Å². The molecule has 5 atom stereocenters. The van der Waals surface area contributed by atoms with Crippen molar-refractivity contribution < 1.29 is 19.1 Å². The van der Waals surface area contributed by atoms with E-state index in [0.717, 1.165) is 6.42 Å². The van der Waals surface area contributed by atoms with Gasteiger partial charge in [0.1, 0.15) is 12.3 Å². The van der Waals surface area contributed by atoms with E-state index in [1.54, 1.807) is 11.8 Å². The zero-order chi connectivity index (χ0) is 16.3. The number of esters is 1. The Bertz CT molecular complexity index is 514. The molecule has 3 N–H and O–H groups in total. The third-order valence-corrected chi connectivity index (χ3v) is 5.06. The Kier molecular flexibility index (Phi) is 4.03. The van der Waals surface area contributed by atoms with Crippen LogP contribution in [-0.2, 0) is 19.1 Å². The average Bonchev–Trinajstić information content (AvgIpc) is 3.02. The van der Waals surface area contributed by atoms with Crippen molar-refractivity contribution in [2.24, 2.45) is 5.73 Å². The van der Waals surface area contributed by atoms with Gasteiger partial charge in [-0.05, 0) is 19.8 Å². The lowest BCUT2D eigenvalue weighted by Crippen LogP contribution is -2.61. The minimum Gasteiger partial charge on any atom is -0.440 e. The fourth-order valence-electron chi connectivity index (χ4n) is 3.50. The van der Waals surface area contributed by atoms with E-state index < -0.39 is 45.8 Å². The van der Waals surface area contributed by atoms with Crippen molar-refractivity contribution in [3.8, 4) is 0 Å². The van der Waals surface area contributed by atoms with Crippen LogP contribution in [-0.4, -0.2) is 57.3 Å². The number of nitrogens with zero attached hydrogens (tertiary/aromatic N) is 1. The summed E-state index contributed by atoms with van der Waals surface area (Å²) in [6.45, 7) is 2.24. The maximum Gasteiger partial charge on any atom is 0.332 e. The number of amides is 1. The summed E-state index contributed by atoms with van der Waals surface area (Å²) >= 11 is 17.8. The van der Waals surface area contributed by atoms with Crippen molar-refractivity contribution in [3.05, 3.63) is 0 Å². The maximum atomic E-state index is 12.5. The summed E-state index contributed by atoms with van der Waals surface area (Å²) in [4.78, 5) is 25.7. The number of primary amides is 1. The smallest absolute Gasteiger partial charge is 0.332 e. The van der Waals surface area contributed by atoms with E-state index in [2.05, 4.69) is 5.32 Å². The Hall–Kier alpha value is -0.310. The van der Waals surface area contributed by atoms with Gasteiger partial charge >= 0.3 is 5.97 Å². The molecule has 3 heterocycles. The minimum atomic E-state index is -1.77. The first-order valence-electron chi connectivity index (χ1n) is 6.93. The first kappa shape index (κ1) is 16.5. The van der Waals surface area contributed by atoms with Gasteiger partial charge in [-0.3, -0.25) is 10.1 Å². The van der Waals surface area contributed by atoms with E-state index in [0.29, 0.717) is 13.0 Å². The molecular formula is C12H16Cl3N3O4. The Balaban J connectivity index is 1.92. The third-order valence-electron chi connectivity index (χ3n) is 4.50. The molecule has 0 aromatic rings. The molecule has 10 heteroatoms. The number of halogens is 3. The van der Waals surface area contributed by atoms with Crippen LogP contribution in [0.25, 0.3) is 0 Å². The monoisotopic (exact) mass is 371 g/mol. The van der Waals surface area contributed by atoms with Gasteiger partial charge in [0.05, 0.1) is 6.10 Å². The molecular weight excluding hydrogens is 357 g/mol. The van der Waals surface area contributed by atoms with E-state index in [1.165, 1.54) is 0 Å². The number of alkyl halides is 3. The SMILES string of the molecule is CC1OC([C@]23CCCN2C(C(Cl)(Cl)Cl)OC3=O)NC1C(N)=O. The van der Waals surface area contributed by atoms with Crippen LogP contribution in [0, 0.1) is 0 Å². The van der Waals surface area contributed by atoms with Gasteiger partial charge in [0.15, 0.2) is 5.54 Å². The third kappa shape index (κ3) is 2.30. The molecule has 3 aliphatic rings. The predicted molar refractivity (Wildman–Crippen MR) is 79.3 cm³/mol. The van der Waals surface area contributed by atoms with Crippen molar-refractivity contribution in [2.75, 3.05) is 6.54 Å². The van der Waals surface area contributed by atoms with Crippen molar-refractivity contribution in [1.82, 2.24) is 10.2 Å². The van der Waals surface area contributed by atoms with E-state index in [4.69, 9.17) is 50.0 Å². The summed E-state index contributed by atoms with van der Waals surface area (Å²) in [6, 6.07) is -0.679. The van der Waals surface area contributed by atoms with Crippen LogP contribution < -0.4 is 11.1 Å². The second kappa shape index (κ2) is 5.36. The molecule has 0 aromatic heterocycles. The molecule has 0 radical (unpaired) electrons. The highest BCUT2D eigenvalue weighted by molar-refractivity contribution is 6.68. The average molecular weight is 373 g/mol. The number of fused-ring (bicyclic) bond motifs is 1. The standard InChI is InChI=1S/C12H16Cl3N3O4/c1-5-6(7(16)19)17-8(21-5)11-3-2-4-18(11)9(12(13,14)15)22-10(11)20/h5-6,8-9,17H,2-4H2,1H3,(H2,16,19)/t5?,6?,8?,9?,11-/m0/s1. The summed E-state index contributed by atoms with van der Waals surface area (Å²) in [6.07, 6.45) is -0.977. The first-order valence-corrected chi connectivity index (χ1v) is 8.06. The van der Waals surface area contributed by atoms with Crippen LogP contribution in [0.2, 0.25) is 0 Å². The second-order valence-electron chi connectivity index (χ2n) is 5.79. The highest BCUT2D eigenvalue weighted by atomic mass is 35.6. The summed E-state index contributed by atoms with van der Waals surface area (Å²) in [5.74, 6) is -1.06. The number of hydrogen-bond donors (Lipinski definition) is 2. The number of nitrogens with two attached hydrogens (primary N) is 1. The fourth-order valence-corrected chi connectivity index (χ4v) is 3.99. The number of carbonyl (C=O) groups is 2. The van der Waals surface area contributed by atoms with Crippen LogP contribution in [0.15, 0.2) is 0 Å².